The fourth-order valence-corrected chi connectivity index (χ4v) is 1.94. The first-order valence-corrected chi connectivity index (χ1v) is 6.43. The van der Waals surface area contributed by atoms with Gasteiger partial charge >= 0.3 is 0 Å². The molecule has 18 heavy (non-hydrogen) atoms. The van der Waals surface area contributed by atoms with Crippen LogP contribution in [-0.4, -0.2) is 18.0 Å². The molecule has 3 heteroatoms. The minimum Gasteiger partial charge on any atom is -0.326 e. The molecule has 1 aromatic carbocycles. The van der Waals surface area contributed by atoms with Gasteiger partial charge in [0.05, 0.1) is 0 Å². The van der Waals surface area contributed by atoms with Gasteiger partial charge in [0.2, 0.25) is 0 Å². The molecule has 0 aromatic heterocycles. The molecular formula is C15H25FN2. The Morgan fingerprint density at radius 3 is 2.44 bits per heavy atom. The first-order chi connectivity index (χ1) is 8.25. The standard InChI is InChI=1S/C15H25FN2/c1-11(15(2,3)4)18(5)10-13-8-12(9-17)6-7-14(13)16/h6-8,11H,9-10,17H2,1-5H3. The average molecular weight is 252 g/mol. The Morgan fingerprint density at radius 1 is 1.33 bits per heavy atom. The van der Waals surface area contributed by atoms with Crippen LogP contribution in [0.25, 0.3) is 0 Å². The summed E-state index contributed by atoms with van der Waals surface area (Å²) in [5.74, 6) is -0.153. The zero-order valence-electron chi connectivity index (χ0n) is 12.1. The summed E-state index contributed by atoms with van der Waals surface area (Å²) in [7, 11) is 2.03. The molecule has 0 amide bonds. The third-order valence-electron chi connectivity index (χ3n) is 3.68. The fourth-order valence-electron chi connectivity index (χ4n) is 1.94. The molecular weight excluding hydrogens is 227 g/mol. The van der Waals surface area contributed by atoms with Crippen LogP contribution >= 0.6 is 0 Å². The molecule has 0 radical (unpaired) electrons. The largest absolute Gasteiger partial charge is 0.326 e. The van der Waals surface area contributed by atoms with Gasteiger partial charge in [-0.1, -0.05) is 32.9 Å². The minimum absolute atomic E-state index is 0.153. The molecule has 0 aliphatic rings. The van der Waals surface area contributed by atoms with Crippen LogP contribution in [0.15, 0.2) is 18.2 Å². The monoisotopic (exact) mass is 252 g/mol. The Balaban J connectivity index is 2.84. The van der Waals surface area contributed by atoms with Crippen LogP contribution in [0.4, 0.5) is 4.39 Å². The van der Waals surface area contributed by atoms with E-state index in [9.17, 15) is 4.39 Å². The Bertz CT molecular complexity index is 396. The molecule has 102 valence electrons. The van der Waals surface area contributed by atoms with Crippen molar-refractivity contribution in [1.29, 1.82) is 0 Å². The summed E-state index contributed by atoms with van der Waals surface area (Å²) in [5.41, 5.74) is 7.46. The van der Waals surface area contributed by atoms with Crippen molar-refractivity contribution >= 4 is 0 Å². The van der Waals surface area contributed by atoms with Crippen LogP contribution in [0.5, 0.6) is 0 Å². The quantitative estimate of drug-likeness (QED) is 0.892. The molecule has 0 saturated carbocycles. The van der Waals surface area contributed by atoms with Crippen molar-refractivity contribution < 1.29 is 4.39 Å². The maximum atomic E-state index is 13.8. The number of rotatable bonds is 4. The van der Waals surface area contributed by atoms with E-state index in [0.717, 1.165) is 11.1 Å². The number of hydrogen-bond acceptors (Lipinski definition) is 2. The minimum atomic E-state index is -0.153. The second-order valence-electron chi connectivity index (χ2n) is 6.09. The second kappa shape index (κ2) is 5.81. The van der Waals surface area contributed by atoms with Crippen molar-refractivity contribution in [2.45, 2.75) is 46.8 Å². The van der Waals surface area contributed by atoms with Gasteiger partial charge in [0, 0.05) is 24.7 Å². The van der Waals surface area contributed by atoms with E-state index in [-0.39, 0.29) is 11.2 Å². The molecule has 0 saturated heterocycles. The van der Waals surface area contributed by atoms with E-state index < -0.39 is 0 Å². The maximum Gasteiger partial charge on any atom is 0.127 e. The van der Waals surface area contributed by atoms with E-state index in [4.69, 9.17) is 5.73 Å². The zero-order chi connectivity index (χ0) is 13.9. The van der Waals surface area contributed by atoms with Crippen molar-refractivity contribution in [3.63, 3.8) is 0 Å². The van der Waals surface area contributed by atoms with E-state index in [1.54, 1.807) is 6.07 Å². The van der Waals surface area contributed by atoms with Crippen LogP contribution in [0.1, 0.15) is 38.8 Å². The summed E-state index contributed by atoms with van der Waals surface area (Å²) in [6, 6.07) is 5.49. The van der Waals surface area contributed by atoms with Gasteiger partial charge in [0.1, 0.15) is 5.82 Å². The Hall–Kier alpha value is -0.930. The van der Waals surface area contributed by atoms with Gasteiger partial charge in [-0.2, -0.15) is 0 Å². The zero-order valence-corrected chi connectivity index (χ0v) is 12.1. The first-order valence-electron chi connectivity index (χ1n) is 6.43. The van der Waals surface area contributed by atoms with Crippen LogP contribution in [0, 0.1) is 11.2 Å². The topological polar surface area (TPSA) is 29.3 Å². The average Bonchev–Trinajstić information content (AvgIpc) is 2.29. The molecule has 0 aliphatic heterocycles. The lowest BCUT2D eigenvalue weighted by molar-refractivity contribution is 0.133. The van der Waals surface area contributed by atoms with Crippen molar-refractivity contribution in [3.8, 4) is 0 Å². The van der Waals surface area contributed by atoms with Crippen LogP contribution in [0.2, 0.25) is 0 Å². The van der Waals surface area contributed by atoms with Crippen molar-refractivity contribution in [2.24, 2.45) is 11.1 Å². The number of benzene rings is 1. The highest BCUT2D eigenvalue weighted by atomic mass is 19.1. The van der Waals surface area contributed by atoms with E-state index in [2.05, 4.69) is 32.6 Å². The van der Waals surface area contributed by atoms with Crippen molar-refractivity contribution in [1.82, 2.24) is 4.90 Å². The molecule has 1 aromatic rings. The van der Waals surface area contributed by atoms with Gasteiger partial charge in [0.15, 0.2) is 0 Å². The van der Waals surface area contributed by atoms with E-state index in [1.807, 2.05) is 13.1 Å². The summed E-state index contributed by atoms with van der Waals surface area (Å²) in [6.45, 7) is 9.82. The van der Waals surface area contributed by atoms with Gasteiger partial charge in [0.25, 0.3) is 0 Å². The van der Waals surface area contributed by atoms with Gasteiger partial charge in [-0.25, -0.2) is 4.39 Å². The summed E-state index contributed by atoms with van der Waals surface area (Å²) in [4.78, 5) is 2.18. The maximum absolute atomic E-state index is 13.8. The predicted molar refractivity (Wildman–Crippen MR) is 74.7 cm³/mol. The Morgan fingerprint density at radius 2 is 1.94 bits per heavy atom. The summed E-state index contributed by atoms with van der Waals surface area (Å²) in [5, 5.41) is 0. The van der Waals surface area contributed by atoms with Gasteiger partial charge in [-0.3, -0.25) is 4.90 Å². The lowest BCUT2D eigenvalue weighted by Gasteiger charge is -2.35. The van der Waals surface area contributed by atoms with E-state index in [0.29, 0.717) is 19.1 Å². The second-order valence-corrected chi connectivity index (χ2v) is 6.09. The smallest absolute Gasteiger partial charge is 0.127 e. The van der Waals surface area contributed by atoms with E-state index in [1.165, 1.54) is 6.07 Å². The molecule has 2 nitrogen and oxygen atoms in total. The summed E-state index contributed by atoms with van der Waals surface area (Å²) in [6.07, 6.45) is 0. The van der Waals surface area contributed by atoms with Gasteiger partial charge < -0.3 is 5.73 Å². The predicted octanol–water partition coefficient (Wildman–Crippen LogP) is 3.15. The third kappa shape index (κ3) is 3.79. The van der Waals surface area contributed by atoms with Gasteiger partial charge in [-0.05, 0) is 31.0 Å². The lowest BCUT2D eigenvalue weighted by atomic mass is 9.87. The Kier molecular flexibility index (Phi) is 4.88. The van der Waals surface area contributed by atoms with Crippen LogP contribution in [0.3, 0.4) is 0 Å². The van der Waals surface area contributed by atoms with E-state index >= 15 is 0 Å². The highest BCUT2D eigenvalue weighted by molar-refractivity contribution is 5.25. The lowest BCUT2D eigenvalue weighted by Crippen LogP contribution is -2.39. The highest BCUT2D eigenvalue weighted by Gasteiger charge is 2.24. The third-order valence-corrected chi connectivity index (χ3v) is 3.68. The molecule has 0 spiro atoms. The molecule has 0 bridgehead atoms. The molecule has 0 heterocycles. The number of nitrogens with zero attached hydrogens (tertiary/aromatic N) is 1. The number of halogens is 1. The first kappa shape index (κ1) is 15.1. The number of nitrogens with two attached hydrogens (primary N) is 1. The summed E-state index contributed by atoms with van der Waals surface area (Å²) >= 11 is 0. The summed E-state index contributed by atoms with van der Waals surface area (Å²) < 4.78 is 13.8. The molecule has 0 fully saturated rings. The van der Waals surface area contributed by atoms with Crippen molar-refractivity contribution in [2.75, 3.05) is 7.05 Å². The number of hydrogen-bond donors (Lipinski definition) is 1. The highest BCUT2D eigenvalue weighted by Crippen LogP contribution is 2.24. The normalized spacial score (nSPS) is 14.0. The van der Waals surface area contributed by atoms with Crippen LogP contribution in [-0.2, 0) is 13.1 Å². The molecule has 0 aliphatic carbocycles. The van der Waals surface area contributed by atoms with Crippen LogP contribution < -0.4 is 5.73 Å². The Labute approximate surface area is 110 Å². The molecule has 1 unspecified atom stereocenters. The molecule has 1 rings (SSSR count). The molecule has 1 atom stereocenters. The van der Waals surface area contributed by atoms with Gasteiger partial charge in [-0.15, -0.1) is 0 Å². The molecule has 2 N–H and O–H groups in total. The SMILES string of the molecule is CC(N(C)Cc1cc(CN)ccc1F)C(C)(C)C. The fraction of sp³-hybridized carbons (Fsp3) is 0.600. The van der Waals surface area contributed by atoms with Crippen molar-refractivity contribution in [3.05, 3.63) is 35.1 Å².